The summed E-state index contributed by atoms with van der Waals surface area (Å²) in [7, 11) is 1.66. The van der Waals surface area contributed by atoms with Crippen LogP contribution in [0.2, 0.25) is 0 Å². The molecule has 120 valence electrons. The molecule has 3 rings (SSSR count). The van der Waals surface area contributed by atoms with Crippen molar-refractivity contribution in [2.45, 2.75) is 23.9 Å². The molecule has 1 N–H and O–H groups in total. The van der Waals surface area contributed by atoms with Gasteiger partial charge in [0.2, 0.25) is 0 Å². The molecule has 0 fully saturated rings. The van der Waals surface area contributed by atoms with E-state index in [-0.39, 0.29) is 5.69 Å². The van der Waals surface area contributed by atoms with Crippen molar-refractivity contribution in [3.05, 3.63) is 58.5 Å². The number of benzene rings is 2. The smallest absolute Gasteiger partial charge is 0.343 e. The number of nitrogens with one attached hydrogen (secondary N) is 1. The minimum absolute atomic E-state index is 0.165. The molecule has 0 spiro atoms. The van der Waals surface area contributed by atoms with Gasteiger partial charge in [0.25, 0.3) is 0 Å². The summed E-state index contributed by atoms with van der Waals surface area (Å²) in [6.45, 7) is 1.24. The summed E-state index contributed by atoms with van der Waals surface area (Å²) in [5, 5.41) is 9.86. The van der Waals surface area contributed by atoms with Crippen molar-refractivity contribution >= 4 is 22.5 Å². The molecular weight excluding hydrogens is 310 g/mol. The number of fused-ring (bicyclic) bond motifs is 1. The standard InChI is InChI=1S/C17H19N3O2S/c1-22-11-5-10-20-16(21)18-19-17(20)23-12-14-8-4-7-13-6-2-3-9-15(13)14/h2-4,6-9H,5,10-12H2,1H3,(H,18,21). The van der Waals surface area contributed by atoms with Crippen molar-refractivity contribution in [1.82, 2.24) is 14.8 Å². The number of hydrogen-bond donors (Lipinski definition) is 1. The first-order valence-corrected chi connectivity index (χ1v) is 8.52. The van der Waals surface area contributed by atoms with E-state index in [0.717, 1.165) is 17.3 Å². The van der Waals surface area contributed by atoms with Crippen molar-refractivity contribution in [2.75, 3.05) is 13.7 Å². The van der Waals surface area contributed by atoms with Crippen LogP contribution in [0.1, 0.15) is 12.0 Å². The number of H-pyrrole nitrogens is 1. The molecular formula is C17H19N3O2S. The Morgan fingerprint density at radius 3 is 2.91 bits per heavy atom. The Morgan fingerprint density at radius 2 is 2.04 bits per heavy atom. The van der Waals surface area contributed by atoms with Crippen molar-refractivity contribution in [1.29, 1.82) is 0 Å². The number of nitrogens with zero attached hydrogens (tertiary/aromatic N) is 2. The Labute approximate surface area is 138 Å². The Hall–Kier alpha value is -2.05. The highest BCUT2D eigenvalue weighted by molar-refractivity contribution is 7.98. The average molecular weight is 329 g/mol. The monoisotopic (exact) mass is 329 g/mol. The van der Waals surface area contributed by atoms with Crippen molar-refractivity contribution < 1.29 is 4.74 Å². The predicted molar refractivity (Wildman–Crippen MR) is 92.8 cm³/mol. The molecule has 0 aliphatic rings. The molecule has 23 heavy (non-hydrogen) atoms. The Bertz CT molecular complexity index is 836. The largest absolute Gasteiger partial charge is 0.385 e. The van der Waals surface area contributed by atoms with Gasteiger partial charge in [-0.2, -0.15) is 0 Å². The molecule has 0 aliphatic heterocycles. The van der Waals surface area contributed by atoms with Crippen LogP contribution in [-0.2, 0) is 17.0 Å². The molecule has 0 bridgehead atoms. The molecule has 5 nitrogen and oxygen atoms in total. The second-order valence-corrected chi connectivity index (χ2v) is 6.18. The molecule has 0 amide bonds. The molecule has 1 heterocycles. The van der Waals surface area contributed by atoms with E-state index in [1.54, 1.807) is 23.4 Å². The molecule has 0 saturated carbocycles. The highest BCUT2D eigenvalue weighted by Gasteiger charge is 2.10. The summed E-state index contributed by atoms with van der Waals surface area (Å²) in [4.78, 5) is 11.8. The van der Waals surface area contributed by atoms with Crippen LogP contribution in [0.3, 0.4) is 0 Å². The molecule has 0 radical (unpaired) electrons. The highest BCUT2D eigenvalue weighted by Crippen LogP contribution is 2.25. The number of hydrogen-bond acceptors (Lipinski definition) is 4. The van der Waals surface area contributed by atoms with Gasteiger partial charge in [0.15, 0.2) is 5.16 Å². The van der Waals surface area contributed by atoms with Gasteiger partial charge in [0.1, 0.15) is 0 Å². The molecule has 0 aliphatic carbocycles. The number of ether oxygens (including phenoxy) is 1. The van der Waals surface area contributed by atoms with E-state index in [1.165, 1.54) is 16.3 Å². The van der Waals surface area contributed by atoms with E-state index in [1.807, 2.05) is 12.1 Å². The van der Waals surface area contributed by atoms with E-state index in [4.69, 9.17) is 4.74 Å². The lowest BCUT2D eigenvalue weighted by atomic mass is 10.1. The van der Waals surface area contributed by atoms with E-state index in [9.17, 15) is 4.79 Å². The predicted octanol–water partition coefficient (Wildman–Crippen LogP) is 3.05. The third kappa shape index (κ3) is 3.65. The van der Waals surface area contributed by atoms with Gasteiger partial charge in [-0.05, 0) is 22.8 Å². The zero-order chi connectivity index (χ0) is 16.1. The summed E-state index contributed by atoms with van der Waals surface area (Å²) >= 11 is 1.57. The van der Waals surface area contributed by atoms with E-state index in [2.05, 4.69) is 40.5 Å². The van der Waals surface area contributed by atoms with Crippen LogP contribution in [0.5, 0.6) is 0 Å². The molecule has 3 aromatic rings. The van der Waals surface area contributed by atoms with Gasteiger partial charge in [0.05, 0.1) is 0 Å². The lowest BCUT2D eigenvalue weighted by Gasteiger charge is -2.07. The lowest BCUT2D eigenvalue weighted by molar-refractivity contribution is 0.189. The number of aromatic nitrogens is 3. The zero-order valence-electron chi connectivity index (χ0n) is 13.0. The van der Waals surface area contributed by atoms with Crippen LogP contribution in [0.25, 0.3) is 10.8 Å². The Kier molecular flexibility index (Phi) is 5.15. The maximum Gasteiger partial charge on any atom is 0.343 e. The SMILES string of the molecule is COCCCn1c(SCc2cccc3ccccc23)n[nH]c1=O. The molecule has 2 aromatic carbocycles. The first-order chi connectivity index (χ1) is 11.3. The highest BCUT2D eigenvalue weighted by atomic mass is 32.2. The van der Waals surface area contributed by atoms with E-state index in [0.29, 0.717) is 13.2 Å². The fraction of sp³-hybridized carbons (Fsp3) is 0.294. The summed E-state index contributed by atoms with van der Waals surface area (Å²) in [5.74, 6) is 0.774. The van der Waals surface area contributed by atoms with Crippen LogP contribution in [0, 0.1) is 0 Å². The first kappa shape index (κ1) is 15.8. The molecule has 0 unspecified atom stereocenters. The number of methoxy groups -OCH3 is 1. The van der Waals surface area contributed by atoms with Crippen molar-refractivity contribution in [3.63, 3.8) is 0 Å². The number of thioether (sulfide) groups is 1. The van der Waals surface area contributed by atoms with Gasteiger partial charge in [0, 0.05) is 26.0 Å². The van der Waals surface area contributed by atoms with E-state index >= 15 is 0 Å². The van der Waals surface area contributed by atoms with Gasteiger partial charge >= 0.3 is 5.69 Å². The summed E-state index contributed by atoms with van der Waals surface area (Å²) in [6.07, 6.45) is 0.789. The lowest BCUT2D eigenvalue weighted by Crippen LogP contribution is -2.18. The maximum absolute atomic E-state index is 11.8. The maximum atomic E-state index is 11.8. The number of aromatic amines is 1. The van der Waals surface area contributed by atoms with Crippen LogP contribution < -0.4 is 5.69 Å². The molecule has 6 heteroatoms. The summed E-state index contributed by atoms with van der Waals surface area (Å²) < 4.78 is 6.72. The summed E-state index contributed by atoms with van der Waals surface area (Å²) in [6, 6.07) is 14.6. The van der Waals surface area contributed by atoms with Gasteiger partial charge in [-0.15, -0.1) is 5.10 Å². The van der Waals surface area contributed by atoms with Gasteiger partial charge < -0.3 is 4.74 Å². The molecule has 0 atom stereocenters. The average Bonchev–Trinajstić information content (AvgIpc) is 2.93. The van der Waals surface area contributed by atoms with Gasteiger partial charge in [-0.25, -0.2) is 9.89 Å². The quantitative estimate of drug-likeness (QED) is 0.535. The minimum Gasteiger partial charge on any atom is -0.385 e. The van der Waals surface area contributed by atoms with Gasteiger partial charge in [-0.3, -0.25) is 4.57 Å². The van der Waals surface area contributed by atoms with E-state index < -0.39 is 0 Å². The Morgan fingerprint density at radius 1 is 1.22 bits per heavy atom. The molecule has 0 saturated heterocycles. The minimum atomic E-state index is -0.165. The fourth-order valence-corrected chi connectivity index (χ4v) is 3.51. The third-order valence-electron chi connectivity index (χ3n) is 3.69. The zero-order valence-corrected chi connectivity index (χ0v) is 13.8. The second kappa shape index (κ2) is 7.48. The van der Waals surface area contributed by atoms with Gasteiger partial charge in [-0.1, -0.05) is 54.2 Å². The topological polar surface area (TPSA) is 59.9 Å². The summed E-state index contributed by atoms with van der Waals surface area (Å²) in [5.41, 5.74) is 1.08. The van der Waals surface area contributed by atoms with Crippen LogP contribution in [0.4, 0.5) is 0 Å². The Balaban J connectivity index is 1.76. The van der Waals surface area contributed by atoms with Crippen LogP contribution >= 0.6 is 11.8 Å². The molecule has 1 aromatic heterocycles. The van der Waals surface area contributed by atoms with Crippen molar-refractivity contribution in [2.24, 2.45) is 0 Å². The number of rotatable bonds is 7. The van der Waals surface area contributed by atoms with Crippen LogP contribution in [-0.4, -0.2) is 28.5 Å². The fourth-order valence-electron chi connectivity index (χ4n) is 2.54. The normalized spacial score (nSPS) is 11.2. The van der Waals surface area contributed by atoms with Crippen molar-refractivity contribution in [3.8, 4) is 0 Å². The van der Waals surface area contributed by atoms with Crippen LogP contribution in [0.15, 0.2) is 52.4 Å². The third-order valence-corrected chi connectivity index (χ3v) is 4.72. The second-order valence-electron chi connectivity index (χ2n) is 5.24. The first-order valence-electron chi connectivity index (χ1n) is 7.53.